The lowest BCUT2D eigenvalue weighted by molar-refractivity contribution is -0.151. The highest BCUT2D eigenvalue weighted by Gasteiger charge is 2.25. The molecule has 2 heterocycles. The fourth-order valence-electron chi connectivity index (χ4n) is 3.06. The maximum Gasteiger partial charge on any atom is 0.329 e. The third-order valence-electron chi connectivity index (χ3n) is 4.35. The van der Waals surface area contributed by atoms with Crippen molar-refractivity contribution >= 4 is 27.5 Å². The minimum Gasteiger partial charge on any atom is -0.461 e. The molecule has 2 aromatic rings. The van der Waals surface area contributed by atoms with E-state index in [9.17, 15) is 9.59 Å². The number of thiophene rings is 1. The van der Waals surface area contributed by atoms with Crippen LogP contribution in [0.15, 0.2) is 11.1 Å². The van der Waals surface area contributed by atoms with Gasteiger partial charge in [-0.1, -0.05) is 6.92 Å². The zero-order valence-corrected chi connectivity index (χ0v) is 14.8. The summed E-state index contributed by atoms with van der Waals surface area (Å²) in [6.07, 6.45) is 4.30. The van der Waals surface area contributed by atoms with Crippen molar-refractivity contribution < 1.29 is 9.53 Å². The van der Waals surface area contributed by atoms with Gasteiger partial charge in [-0.3, -0.25) is 9.36 Å². The molecule has 23 heavy (non-hydrogen) atoms. The first-order chi connectivity index (χ1) is 10.9. The average Bonchev–Trinajstić information content (AvgIpc) is 2.84. The van der Waals surface area contributed by atoms with Gasteiger partial charge in [0.1, 0.15) is 10.9 Å². The summed E-state index contributed by atoms with van der Waals surface area (Å²) in [5.74, 6) is 0.249. The molecule has 0 N–H and O–H groups in total. The van der Waals surface area contributed by atoms with E-state index in [-0.39, 0.29) is 11.7 Å². The second-order valence-corrected chi connectivity index (χ2v) is 7.73. The van der Waals surface area contributed by atoms with E-state index in [0.717, 1.165) is 29.7 Å². The second kappa shape index (κ2) is 6.07. The maximum absolute atomic E-state index is 12.9. The first-order valence-electron chi connectivity index (χ1n) is 8.10. The molecule has 0 saturated heterocycles. The number of nitrogens with zero attached hydrogens (tertiary/aromatic N) is 2. The Morgan fingerprint density at radius 3 is 2.87 bits per heavy atom. The highest BCUT2D eigenvalue weighted by atomic mass is 32.1. The largest absolute Gasteiger partial charge is 0.461 e. The molecule has 1 aliphatic rings. The number of fused-ring (bicyclic) bond motifs is 3. The predicted octanol–water partition coefficient (Wildman–Crippen LogP) is 3.10. The molecule has 5 nitrogen and oxygen atoms in total. The standard InChI is InChI=1S/C17H22N2O3S/c1-9(2)22-17(21)11(4)19-8-18-15-14(16(19)20)12-6-5-10(3)7-13(12)23-15/h8-11H,5-7H2,1-4H3/t10-,11-/m0/s1. The number of aromatic nitrogens is 2. The Hall–Kier alpha value is -1.69. The van der Waals surface area contributed by atoms with Crippen LogP contribution in [0.1, 0.15) is 50.6 Å². The first-order valence-corrected chi connectivity index (χ1v) is 8.92. The van der Waals surface area contributed by atoms with Crippen molar-refractivity contribution in [2.24, 2.45) is 5.92 Å². The van der Waals surface area contributed by atoms with E-state index in [1.54, 1.807) is 32.1 Å². The van der Waals surface area contributed by atoms with Crippen LogP contribution in [-0.4, -0.2) is 21.6 Å². The summed E-state index contributed by atoms with van der Waals surface area (Å²) in [6.45, 7) is 7.51. The van der Waals surface area contributed by atoms with Gasteiger partial charge < -0.3 is 4.74 Å². The van der Waals surface area contributed by atoms with Crippen molar-refractivity contribution in [2.45, 2.75) is 59.1 Å². The molecule has 0 fully saturated rings. The lowest BCUT2D eigenvalue weighted by Crippen LogP contribution is -2.31. The highest BCUT2D eigenvalue weighted by molar-refractivity contribution is 7.18. The molecule has 2 atom stereocenters. The van der Waals surface area contributed by atoms with Gasteiger partial charge in [0.2, 0.25) is 0 Å². The van der Waals surface area contributed by atoms with Crippen LogP contribution >= 0.6 is 11.3 Å². The molecule has 124 valence electrons. The summed E-state index contributed by atoms with van der Waals surface area (Å²) in [6, 6.07) is -0.667. The van der Waals surface area contributed by atoms with Gasteiger partial charge in [0.25, 0.3) is 5.56 Å². The van der Waals surface area contributed by atoms with Gasteiger partial charge in [-0.15, -0.1) is 11.3 Å². The van der Waals surface area contributed by atoms with E-state index in [1.807, 2.05) is 0 Å². The third-order valence-corrected chi connectivity index (χ3v) is 5.51. The van der Waals surface area contributed by atoms with E-state index in [0.29, 0.717) is 11.3 Å². The molecule has 0 aromatic carbocycles. The Labute approximate surface area is 139 Å². The predicted molar refractivity (Wildman–Crippen MR) is 91.0 cm³/mol. The quantitative estimate of drug-likeness (QED) is 0.809. The van der Waals surface area contributed by atoms with Crippen LogP contribution in [0.2, 0.25) is 0 Å². The lowest BCUT2D eigenvalue weighted by atomic mass is 9.89. The fourth-order valence-corrected chi connectivity index (χ4v) is 4.41. The minimum absolute atomic E-state index is 0.129. The topological polar surface area (TPSA) is 61.2 Å². The molecule has 0 saturated carbocycles. The van der Waals surface area contributed by atoms with Crippen LogP contribution in [0, 0.1) is 5.92 Å². The number of aryl methyl sites for hydroxylation is 1. The summed E-state index contributed by atoms with van der Waals surface area (Å²) in [7, 11) is 0. The number of rotatable bonds is 3. The first kappa shape index (κ1) is 16.2. The molecule has 0 unspecified atom stereocenters. The Balaban J connectivity index is 2.05. The zero-order chi connectivity index (χ0) is 16.7. The maximum atomic E-state index is 12.9. The molecule has 0 amide bonds. The summed E-state index contributed by atoms with van der Waals surface area (Å²) < 4.78 is 6.62. The van der Waals surface area contributed by atoms with Gasteiger partial charge in [0.15, 0.2) is 0 Å². The van der Waals surface area contributed by atoms with Gasteiger partial charge in [-0.25, -0.2) is 9.78 Å². The van der Waals surface area contributed by atoms with Gasteiger partial charge in [0, 0.05) is 4.88 Å². The van der Waals surface area contributed by atoms with Crippen molar-refractivity contribution in [2.75, 3.05) is 0 Å². The van der Waals surface area contributed by atoms with Crippen molar-refractivity contribution in [1.82, 2.24) is 9.55 Å². The summed E-state index contributed by atoms with van der Waals surface area (Å²) in [5.41, 5.74) is 1.01. The van der Waals surface area contributed by atoms with Gasteiger partial charge in [0.05, 0.1) is 17.8 Å². The molecule has 6 heteroatoms. The van der Waals surface area contributed by atoms with Crippen LogP contribution in [0.4, 0.5) is 0 Å². The summed E-state index contributed by atoms with van der Waals surface area (Å²) in [4.78, 5) is 31.5. The number of carbonyl (C=O) groups excluding carboxylic acids is 1. The molecular weight excluding hydrogens is 312 g/mol. The smallest absolute Gasteiger partial charge is 0.329 e. The normalized spacial score (nSPS) is 18.9. The fraction of sp³-hybridized carbons (Fsp3) is 0.588. The van der Waals surface area contributed by atoms with Crippen LogP contribution < -0.4 is 5.56 Å². The number of esters is 1. The monoisotopic (exact) mass is 334 g/mol. The molecule has 1 aliphatic carbocycles. The Morgan fingerprint density at radius 1 is 1.43 bits per heavy atom. The van der Waals surface area contributed by atoms with Crippen molar-refractivity contribution in [1.29, 1.82) is 0 Å². The molecule has 0 radical (unpaired) electrons. The van der Waals surface area contributed by atoms with Crippen LogP contribution in [0.25, 0.3) is 10.2 Å². The van der Waals surface area contributed by atoms with E-state index in [2.05, 4.69) is 11.9 Å². The molecule has 0 aliphatic heterocycles. The summed E-state index contributed by atoms with van der Waals surface area (Å²) in [5, 5.41) is 0.698. The van der Waals surface area contributed by atoms with Crippen LogP contribution in [0.5, 0.6) is 0 Å². The van der Waals surface area contributed by atoms with E-state index >= 15 is 0 Å². The van der Waals surface area contributed by atoms with Crippen molar-refractivity contribution in [3.63, 3.8) is 0 Å². The second-order valence-electron chi connectivity index (χ2n) is 6.65. The number of carbonyl (C=O) groups is 1. The zero-order valence-electron chi connectivity index (χ0n) is 14.0. The third kappa shape index (κ3) is 2.92. The van der Waals surface area contributed by atoms with E-state index < -0.39 is 12.0 Å². The van der Waals surface area contributed by atoms with Crippen LogP contribution in [-0.2, 0) is 22.4 Å². The van der Waals surface area contributed by atoms with Crippen LogP contribution in [0.3, 0.4) is 0 Å². The molecular formula is C17H22N2O3S. The van der Waals surface area contributed by atoms with Gasteiger partial charge in [-0.05, 0) is 51.5 Å². The minimum atomic E-state index is -0.667. The van der Waals surface area contributed by atoms with Gasteiger partial charge in [-0.2, -0.15) is 0 Å². The Morgan fingerprint density at radius 2 is 2.17 bits per heavy atom. The van der Waals surface area contributed by atoms with E-state index in [1.165, 1.54) is 15.8 Å². The molecule has 0 bridgehead atoms. The number of hydrogen-bond donors (Lipinski definition) is 0. The van der Waals surface area contributed by atoms with Crippen molar-refractivity contribution in [3.05, 3.63) is 27.1 Å². The molecule has 2 aromatic heterocycles. The highest BCUT2D eigenvalue weighted by Crippen LogP contribution is 2.35. The Kier molecular flexibility index (Phi) is 4.27. The summed E-state index contributed by atoms with van der Waals surface area (Å²) >= 11 is 1.62. The molecule has 0 spiro atoms. The lowest BCUT2D eigenvalue weighted by Gasteiger charge is -2.18. The molecule has 3 rings (SSSR count). The number of hydrogen-bond acceptors (Lipinski definition) is 5. The van der Waals surface area contributed by atoms with E-state index in [4.69, 9.17) is 4.74 Å². The Bertz CT molecular complexity index is 806. The average molecular weight is 334 g/mol. The number of ether oxygens (including phenoxy) is 1. The SMILES string of the molecule is CC(C)OC(=O)[C@H](C)n1cnc2sc3c(c2c1=O)CC[C@H](C)C3. The van der Waals surface area contributed by atoms with Crippen molar-refractivity contribution in [3.8, 4) is 0 Å². The van der Waals surface area contributed by atoms with Gasteiger partial charge >= 0.3 is 5.97 Å².